The van der Waals surface area contributed by atoms with Crippen LogP contribution < -0.4 is 0 Å². The van der Waals surface area contributed by atoms with E-state index in [0.717, 1.165) is 0 Å². The summed E-state index contributed by atoms with van der Waals surface area (Å²) >= 11 is 5.97. The summed E-state index contributed by atoms with van der Waals surface area (Å²) < 4.78 is 0. The number of hydrogen-bond acceptors (Lipinski definition) is 4. The van der Waals surface area contributed by atoms with E-state index >= 15 is 0 Å². The smallest absolute Gasteiger partial charge is 0.303 e. The summed E-state index contributed by atoms with van der Waals surface area (Å²) in [6.45, 7) is 0. The van der Waals surface area contributed by atoms with Gasteiger partial charge in [-0.15, -0.1) is 5.11 Å². The molecule has 0 spiro atoms. The number of aryl methyl sites for hydroxylation is 1. The third kappa shape index (κ3) is 4.29. The molecule has 0 amide bonds. The Kier molecular flexibility index (Phi) is 4.90. The predicted molar refractivity (Wildman–Crippen MR) is 79.7 cm³/mol. The minimum Gasteiger partial charge on any atom is -0.508 e. The molecular weight excluding hydrogens is 292 g/mol. The van der Waals surface area contributed by atoms with Crippen molar-refractivity contribution in [3.8, 4) is 5.75 Å². The van der Waals surface area contributed by atoms with Crippen molar-refractivity contribution >= 4 is 28.9 Å². The standard InChI is InChI=1S/C15H13ClN2O3/c16-12-3-1-2-4-13(12)18-17-11-6-7-14(19)10(9-11)5-8-15(20)21/h1-4,6-7,9,19H,5,8H2,(H,20,21). The largest absolute Gasteiger partial charge is 0.508 e. The average molecular weight is 305 g/mol. The maximum atomic E-state index is 10.6. The number of hydrogen-bond donors (Lipinski definition) is 2. The zero-order valence-electron chi connectivity index (χ0n) is 11.0. The van der Waals surface area contributed by atoms with Gasteiger partial charge < -0.3 is 10.2 Å². The van der Waals surface area contributed by atoms with Gasteiger partial charge in [-0.1, -0.05) is 23.7 Å². The second-order valence-corrected chi connectivity index (χ2v) is 4.77. The number of carboxylic acids is 1. The van der Waals surface area contributed by atoms with Crippen molar-refractivity contribution in [2.75, 3.05) is 0 Å². The summed E-state index contributed by atoms with van der Waals surface area (Å²) in [6, 6.07) is 11.7. The van der Waals surface area contributed by atoms with E-state index in [1.807, 2.05) is 0 Å². The molecule has 2 aromatic carbocycles. The van der Waals surface area contributed by atoms with Crippen LogP contribution in [0.3, 0.4) is 0 Å². The summed E-state index contributed by atoms with van der Waals surface area (Å²) in [6.07, 6.45) is 0.176. The normalized spacial score (nSPS) is 10.9. The highest BCUT2D eigenvalue weighted by atomic mass is 35.5. The van der Waals surface area contributed by atoms with Crippen LogP contribution in [0.2, 0.25) is 5.02 Å². The maximum absolute atomic E-state index is 10.6. The van der Waals surface area contributed by atoms with Crippen molar-refractivity contribution < 1.29 is 15.0 Å². The van der Waals surface area contributed by atoms with E-state index in [4.69, 9.17) is 16.7 Å². The zero-order valence-corrected chi connectivity index (χ0v) is 11.8. The highest BCUT2D eigenvalue weighted by Gasteiger charge is 2.06. The number of azo groups is 1. The van der Waals surface area contributed by atoms with Crippen LogP contribution in [0.1, 0.15) is 12.0 Å². The molecule has 0 fully saturated rings. The van der Waals surface area contributed by atoms with Gasteiger partial charge in [0.1, 0.15) is 11.4 Å². The number of phenolic OH excluding ortho intramolecular Hbond substituents is 1. The minimum atomic E-state index is -0.919. The Balaban J connectivity index is 2.19. The second-order valence-electron chi connectivity index (χ2n) is 4.36. The van der Waals surface area contributed by atoms with Crippen LogP contribution in [0.5, 0.6) is 5.75 Å². The molecule has 2 N–H and O–H groups in total. The molecule has 0 bridgehead atoms. The number of aliphatic carboxylic acids is 1. The Hall–Kier alpha value is -2.40. The Morgan fingerprint density at radius 3 is 2.62 bits per heavy atom. The monoisotopic (exact) mass is 304 g/mol. The van der Waals surface area contributed by atoms with Gasteiger partial charge in [0.2, 0.25) is 0 Å². The fraction of sp³-hybridized carbons (Fsp3) is 0.133. The molecule has 0 atom stereocenters. The summed E-state index contributed by atoms with van der Waals surface area (Å²) in [7, 11) is 0. The molecule has 21 heavy (non-hydrogen) atoms. The first-order valence-electron chi connectivity index (χ1n) is 6.26. The van der Waals surface area contributed by atoms with Gasteiger partial charge in [0.15, 0.2) is 0 Å². The Morgan fingerprint density at radius 2 is 1.90 bits per heavy atom. The van der Waals surface area contributed by atoms with E-state index in [1.54, 1.807) is 36.4 Å². The summed E-state index contributed by atoms with van der Waals surface area (Å²) in [5, 5.41) is 26.9. The van der Waals surface area contributed by atoms with Crippen molar-refractivity contribution in [2.24, 2.45) is 10.2 Å². The van der Waals surface area contributed by atoms with Gasteiger partial charge in [0, 0.05) is 6.42 Å². The van der Waals surface area contributed by atoms with Crippen molar-refractivity contribution in [2.45, 2.75) is 12.8 Å². The number of halogens is 1. The Labute approximate surface area is 126 Å². The zero-order chi connectivity index (χ0) is 15.2. The number of phenols is 1. The number of carbonyl (C=O) groups is 1. The molecule has 108 valence electrons. The maximum Gasteiger partial charge on any atom is 0.303 e. The molecule has 0 aliphatic carbocycles. The fourth-order valence-corrected chi connectivity index (χ4v) is 1.89. The van der Waals surface area contributed by atoms with E-state index in [-0.39, 0.29) is 18.6 Å². The van der Waals surface area contributed by atoms with E-state index < -0.39 is 5.97 Å². The number of rotatable bonds is 5. The average Bonchev–Trinajstić information content (AvgIpc) is 2.46. The summed E-state index contributed by atoms with van der Waals surface area (Å²) in [5.74, 6) is -0.870. The van der Waals surface area contributed by atoms with Crippen molar-refractivity contribution in [3.63, 3.8) is 0 Å². The second kappa shape index (κ2) is 6.85. The van der Waals surface area contributed by atoms with Crippen molar-refractivity contribution in [1.29, 1.82) is 0 Å². The molecule has 0 aliphatic rings. The molecule has 0 aromatic heterocycles. The molecule has 0 unspecified atom stereocenters. The van der Waals surface area contributed by atoms with Gasteiger partial charge in [-0.2, -0.15) is 5.11 Å². The van der Waals surface area contributed by atoms with Crippen LogP contribution in [0.25, 0.3) is 0 Å². The highest BCUT2D eigenvalue weighted by molar-refractivity contribution is 6.32. The quantitative estimate of drug-likeness (QED) is 0.799. The van der Waals surface area contributed by atoms with Gasteiger partial charge in [-0.05, 0) is 42.3 Å². The number of aromatic hydroxyl groups is 1. The van der Waals surface area contributed by atoms with Gasteiger partial charge in [-0.3, -0.25) is 4.79 Å². The third-order valence-corrected chi connectivity index (χ3v) is 3.12. The Bertz CT molecular complexity index is 686. The van der Waals surface area contributed by atoms with Gasteiger partial charge >= 0.3 is 5.97 Å². The molecule has 2 rings (SSSR count). The lowest BCUT2D eigenvalue weighted by Gasteiger charge is -2.03. The van der Waals surface area contributed by atoms with E-state index in [1.165, 1.54) is 6.07 Å². The van der Waals surface area contributed by atoms with E-state index in [0.29, 0.717) is 22.0 Å². The molecule has 0 aliphatic heterocycles. The first-order valence-corrected chi connectivity index (χ1v) is 6.64. The van der Waals surface area contributed by atoms with E-state index in [2.05, 4.69) is 10.2 Å². The highest BCUT2D eigenvalue weighted by Crippen LogP contribution is 2.28. The number of benzene rings is 2. The molecule has 0 saturated heterocycles. The molecular formula is C15H13ClN2O3. The van der Waals surface area contributed by atoms with Gasteiger partial charge in [-0.25, -0.2) is 0 Å². The first kappa shape index (κ1) is 15.0. The van der Waals surface area contributed by atoms with Gasteiger partial charge in [0.25, 0.3) is 0 Å². The van der Waals surface area contributed by atoms with Crippen LogP contribution in [0.4, 0.5) is 11.4 Å². The molecule has 6 heteroatoms. The number of nitrogens with zero attached hydrogens (tertiary/aromatic N) is 2. The SMILES string of the molecule is O=C(O)CCc1cc(N=Nc2ccccc2Cl)ccc1O. The lowest BCUT2D eigenvalue weighted by atomic mass is 10.1. The first-order chi connectivity index (χ1) is 10.1. The van der Waals surface area contributed by atoms with Gasteiger partial charge in [0.05, 0.1) is 10.7 Å². The lowest BCUT2D eigenvalue weighted by Crippen LogP contribution is -1.97. The van der Waals surface area contributed by atoms with Crippen LogP contribution in [-0.2, 0) is 11.2 Å². The van der Waals surface area contributed by atoms with Crippen LogP contribution in [-0.4, -0.2) is 16.2 Å². The third-order valence-electron chi connectivity index (χ3n) is 2.80. The van der Waals surface area contributed by atoms with Crippen LogP contribution in [0.15, 0.2) is 52.7 Å². The van der Waals surface area contributed by atoms with Crippen LogP contribution >= 0.6 is 11.6 Å². The topological polar surface area (TPSA) is 82.2 Å². The Morgan fingerprint density at radius 1 is 1.14 bits per heavy atom. The molecule has 5 nitrogen and oxygen atoms in total. The fourth-order valence-electron chi connectivity index (χ4n) is 1.72. The number of carboxylic acid groups (broad SMARTS) is 1. The molecule has 0 heterocycles. The lowest BCUT2D eigenvalue weighted by molar-refractivity contribution is -0.136. The molecule has 2 aromatic rings. The van der Waals surface area contributed by atoms with Crippen molar-refractivity contribution in [3.05, 3.63) is 53.1 Å². The molecule has 0 radical (unpaired) electrons. The minimum absolute atomic E-state index is 0.0490. The van der Waals surface area contributed by atoms with E-state index in [9.17, 15) is 9.90 Å². The predicted octanol–water partition coefficient (Wildman–Crippen LogP) is 4.48. The van der Waals surface area contributed by atoms with Crippen molar-refractivity contribution in [1.82, 2.24) is 0 Å². The van der Waals surface area contributed by atoms with Crippen LogP contribution in [0, 0.1) is 0 Å². The summed E-state index contributed by atoms with van der Waals surface area (Å²) in [4.78, 5) is 10.6. The summed E-state index contributed by atoms with van der Waals surface area (Å²) in [5.41, 5.74) is 1.58. The molecule has 0 saturated carbocycles.